The molecule has 0 rings (SSSR count). The average molecular weight is 310 g/mol. The van der Waals surface area contributed by atoms with E-state index in [9.17, 15) is 9.59 Å². The third-order valence-electron chi connectivity index (χ3n) is 3.40. The highest BCUT2D eigenvalue weighted by Crippen LogP contribution is 2.12. The summed E-state index contributed by atoms with van der Waals surface area (Å²) in [6, 6.07) is 0. The lowest BCUT2D eigenvalue weighted by molar-refractivity contribution is -0.142. The summed E-state index contributed by atoms with van der Waals surface area (Å²) in [5.41, 5.74) is 0. The summed E-state index contributed by atoms with van der Waals surface area (Å²) in [4.78, 5) is 21.8. The molecule has 0 aliphatic heterocycles. The Kier molecular flexibility index (Phi) is 13.3. The largest absolute Gasteiger partial charge is 0.463 e. The SMILES string of the molecule is C=CC(=O)OCCCCCCCCCCC(C)OC(=O)C=C. The smallest absolute Gasteiger partial charge is 0.330 e. The summed E-state index contributed by atoms with van der Waals surface area (Å²) in [5, 5.41) is 0. The topological polar surface area (TPSA) is 52.6 Å². The minimum atomic E-state index is -0.341. The molecule has 0 aliphatic rings. The van der Waals surface area contributed by atoms with Crippen LogP contribution in [0.5, 0.6) is 0 Å². The molecule has 4 nitrogen and oxygen atoms in total. The van der Waals surface area contributed by atoms with Crippen molar-refractivity contribution >= 4 is 11.9 Å². The van der Waals surface area contributed by atoms with Crippen molar-refractivity contribution in [3.63, 3.8) is 0 Å². The monoisotopic (exact) mass is 310 g/mol. The van der Waals surface area contributed by atoms with Crippen LogP contribution in [0.3, 0.4) is 0 Å². The summed E-state index contributed by atoms with van der Waals surface area (Å²) in [7, 11) is 0. The van der Waals surface area contributed by atoms with Crippen molar-refractivity contribution in [1.29, 1.82) is 0 Å². The maximum absolute atomic E-state index is 11.0. The standard InChI is InChI=1S/C18H30O4/c1-4-17(19)21-15-13-11-9-7-6-8-10-12-14-16(3)22-18(20)5-2/h4-5,16H,1-2,6-15H2,3H3. The molecule has 1 unspecified atom stereocenters. The van der Waals surface area contributed by atoms with Crippen molar-refractivity contribution in [3.05, 3.63) is 25.3 Å². The second-order valence-electron chi connectivity index (χ2n) is 5.44. The van der Waals surface area contributed by atoms with Crippen molar-refractivity contribution in [1.82, 2.24) is 0 Å². The summed E-state index contributed by atoms with van der Waals surface area (Å²) < 4.78 is 10.0. The fourth-order valence-electron chi connectivity index (χ4n) is 2.13. The fraction of sp³-hybridized carbons (Fsp3) is 0.667. The van der Waals surface area contributed by atoms with Crippen LogP contribution in [0.2, 0.25) is 0 Å². The first-order valence-electron chi connectivity index (χ1n) is 8.22. The van der Waals surface area contributed by atoms with Gasteiger partial charge in [-0.15, -0.1) is 0 Å². The molecule has 0 N–H and O–H groups in total. The van der Waals surface area contributed by atoms with E-state index in [1.807, 2.05) is 6.92 Å². The average Bonchev–Trinajstić information content (AvgIpc) is 2.51. The van der Waals surface area contributed by atoms with Crippen molar-refractivity contribution in [3.8, 4) is 0 Å². The van der Waals surface area contributed by atoms with Crippen LogP contribution in [-0.4, -0.2) is 24.6 Å². The highest BCUT2D eigenvalue weighted by molar-refractivity contribution is 5.81. The van der Waals surface area contributed by atoms with Crippen LogP contribution in [-0.2, 0) is 19.1 Å². The van der Waals surface area contributed by atoms with Gasteiger partial charge in [-0.3, -0.25) is 0 Å². The van der Waals surface area contributed by atoms with Gasteiger partial charge >= 0.3 is 11.9 Å². The lowest BCUT2D eigenvalue weighted by Crippen LogP contribution is -2.12. The molecule has 0 spiro atoms. The van der Waals surface area contributed by atoms with Gasteiger partial charge in [0.15, 0.2) is 0 Å². The minimum absolute atomic E-state index is 0.0243. The summed E-state index contributed by atoms with van der Waals surface area (Å²) >= 11 is 0. The minimum Gasteiger partial charge on any atom is -0.463 e. The Balaban J connectivity index is 3.23. The fourth-order valence-corrected chi connectivity index (χ4v) is 2.13. The molecular weight excluding hydrogens is 280 g/mol. The van der Waals surface area contributed by atoms with Crippen LogP contribution < -0.4 is 0 Å². The maximum atomic E-state index is 11.0. The first kappa shape index (κ1) is 20.4. The molecule has 22 heavy (non-hydrogen) atoms. The van der Waals surface area contributed by atoms with Crippen LogP contribution >= 0.6 is 0 Å². The molecule has 0 aromatic carbocycles. The number of unbranched alkanes of at least 4 members (excludes halogenated alkanes) is 7. The molecule has 0 amide bonds. The zero-order valence-corrected chi connectivity index (χ0v) is 13.9. The molecule has 0 aromatic rings. The second-order valence-corrected chi connectivity index (χ2v) is 5.44. The lowest BCUT2D eigenvalue weighted by atomic mass is 10.1. The Bertz CT molecular complexity index is 336. The molecule has 4 heteroatoms. The number of carbonyl (C=O) groups excluding carboxylic acids is 2. The number of esters is 2. The molecule has 0 saturated carbocycles. The zero-order chi connectivity index (χ0) is 16.6. The summed E-state index contributed by atoms with van der Waals surface area (Å²) in [6.45, 7) is 9.14. The molecule has 0 aromatic heterocycles. The Hall–Kier alpha value is -1.58. The molecular formula is C18H30O4. The summed E-state index contributed by atoms with van der Waals surface area (Å²) in [5.74, 6) is -0.681. The van der Waals surface area contributed by atoms with Crippen LogP contribution in [0.1, 0.15) is 64.7 Å². The number of ether oxygens (including phenoxy) is 2. The molecule has 126 valence electrons. The van der Waals surface area contributed by atoms with Gasteiger partial charge in [0.1, 0.15) is 0 Å². The molecule has 0 bridgehead atoms. The van der Waals surface area contributed by atoms with E-state index >= 15 is 0 Å². The van der Waals surface area contributed by atoms with E-state index < -0.39 is 0 Å². The Morgan fingerprint density at radius 3 is 1.91 bits per heavy atom. The molecule has 0 radical (unpaired) electrons. The molecule has 1 atom stereocenters. The maximum Gasteiger partial charge on any atom is 0.330 e. The predicted molar refractivity (Wildman–Crippen MR) is 88.5 cm³/mol. The van der Waals surface area contributed by atoms with Gasteiger partial charge in [-0.1, -0.05) is 51.7 Å². The van der Waals surface area contributed by atoms with E-state index in [2.05, 4.69) is 13.2 Å². The van der Waals surface area contributed by atoms with Gasteiger partial charge < -0.3 is 9.47 Å². The van der Waals surface area contributed by atoms with E-state index in [0.717, 1.165) is 25.7 Å². The van der Waals surface area contributed by atoms with E-state index in [1.165, 1.54) is 44.3 Å². The van der Waals surface area contributed by atoms with Gasteiger partial charge in [-0.05, 0) is 26.2 Å². The Morgan fingerprint density at radius 1 is 0.864 bits per heavy atom. The van der Waals surface area contributed by atoms with Gasteiger partial charge in [0.05, 0.1) is 12.7 Å². The third kappa shape index (κ3) is 13.4. The van der Waals surface area contributed by atoms with Crippen LogP contribution in [0.4, 0.5) is 0 Å². The van der Waals surface area contributed by atoms with Crippen LogP contribution in [0.15, 0.2) is 25.3 Å². The normalized spacial score (nSPS) is 11.5. The Morgan fingerprint density at radius 2 is 1.36 bits per heavy atom. The first-order valence-corrected chi connectivity index (χ1v) is 8.22. The number of hydrogen-bond acceptors (Lipinski definition) is 4. The zero-order valence-electron chi connectivity index (χ0n) is 13.9. The highest BCUT2D eigenvalue weighted by Gasteiger charge is 2.05. The van der Waals surface area contributed by atoms with Crippen molar-refractivity contribution in [2.24, 2.45) is 0 Å². The van der Waals surface area contributed by atoms with Crippen LogP contribution in [0.25, 0.3) is 0 Å². The van der Waals surface area contributed by atoms with E-state index in [4.69, 9.17) is 9.47 Å². The van der Waals surface area contributed by atoms with Crippen molar-refractivity contribution in [2.45, 2.75) is 70.8 Å². The summed E-state index contributed by atoms with van der Waals surface area (Å²) in [6.07, 6.45) is 12.4. The van der Waals surface area contributed by atoms with Gasteiger partial charge in [-0.25, -0.2) is 9.59 Å². The predicted octanol–water partition coefficient (Wildman–Crippen LogP) is 4.34. The number of rotatable bonds is 14. The van der Waals surface area contributed by atoms with Gasteiger partial charge in [0, 0.05) is 12.2 Å². The van der Waals surface area contributed by atoms with Gasteiger partial charge in [0.2, 0.25) is 0 Å². The third-order valence-corrected chi connectivity index (χ3v) is 3.40. The second kappa shape index (κ2) is 14.4. The molecule has 0 aliphatic carbocycles. The molecule has 0 saturated heterocycles. The van der Waals surface area contributed by atoms with E-state index in [0.29, 0.717) is 6.61 Å². The highest BCUT2D eigenvalue weighted by atomic mass is 16.5. The number of carbonyl (C=O) groups is 2. The lowest BCUT2D eigenvalue weighted by Gasteiger charge is -2.11. The van der Waals surface area contributed by atoms with Gasteiger partial charge in [0.25, 0.3) is 0 Å². The van der Waals surface area contributed by atoms with E-state index in [-0.39, 0.29) is 18.0 Å². The molecule has 0 fully saturated rings. The molecule has 0 heterocycles. The number of hydrogen-bond donors (Lipinski definition) is 0. The quantitative estimate of drug-likeness (QED) is 0.272. The van der Waals surface area contributed by atoms with Gasteiger partial charge in [-0.2, -0.15) is 0 Å². The van der Waals surface area contributed by atoms with Crippen molar-refractivity contribution in [2.75, 3.05) is 6.61 Å². The Labute approximate surface area is 134 Å². The van der Waals surface area contributed by atoms with E-state index in [1.54, 1.807) is 0 Å². The first-order chi connectivity index (χ1) is 10.6. The van der Waals surface area contributed by atoms with Crippen LogP contribution in [0, 0.1) is 0 Å². The van der Waals surface area contributed by atoms with Crippen molar-refractivity contribution < 1.29 is 19.1 Å².